The van der Waals surface area contributed by atoms with Gasteiger partial charge in [-0.3, -0.25) is 4.79 Å². The second kappa shape index (κ2) is 12.1. The lowest BCUT2D eigenvalue weighted by molar-refractivity contribution is -0.151. The molecule has 0 bridgehead atoms. The lowest BCUT2D eigenvalue weighted by atomic mass is 10.0. The molecular formula is C24H38O2. The van der Waals surface area contributed by atoms with Crippen LogP contribution in [0.3, 0.4) is 0 Å². The monoisotopic (exact) mass is 358 g/mol. The number of ether oxygens (including phenoxy) is 1. The lowest BCUT2D eigenvalue weighted by Gasteiger charge is -2.17. The van der Waals surface area contributed by atoms with Crippen molar-refractivity contribution >= 4 is 5.97 Å². The first kappa shape index (κ1) is 21.0. The molecule has 0 heterocycles. The second-order valence-electron chi connectivity index (χ2n) is 7.97. The van der Waals surface area contributed by atoms with E-state index in [-0.39, 0.29) is 18.0 Å². The predicted molar refractivity (Wildman–Crippen MR) is 109 cm³/mol. The number of unbranched alkanes of at least 4 members (excludes halogenated alkanes) is 7. The van der Waals surface area contributed by atoms with E-state index in [4.69, 9.17) is 4.74 Å². The van der Waals surface area contributed by atoms with Crippen LogP contribution in [0.5, 0.6) is 0 Å². The van der Waals surface area contributed by atoms with Crippen molar-refractivity contribution in [1.82, 2.24) is 0 Å². The normalized spacial score (nSPS) is 19.9. The first-order valence-electron chi connectivity index (χ1n) is 11.0. The number of carbonyl (C=O) groups excluding carboxylic acids is 1. The number of benzene rings is 1. The average Bonchev–Trinajstić information content (AvgIpc) is 3.46. The Labute approximate surface area is 160 Å². The summed E-state index contributed by atoms with van der Waals surface area (Å²) in [6.07, 6.45) is 14.8. The number of esters is 1. The highest BCUT2D eigenvalue weighted by atomic mass is 16.5. The van der Waals surface area contributed by atoms with Gasteiger partial charge in [0.1, 0.15) is 6.10 Å². The number of carbonyl (C=O) groups is 1. The molecule has 0 radical (unpaired) electrons. The van der Waals surface area contributed by atoms with Crippen LogP contribution in [-0.4, -0.2) is 12.1 Å². The lowest BCUT2D eigenvalue weighted by Crippen LogP contribution is -2.19. The molecule has 1 aliphatic carbocycles. The molecule has 1 fully saturated rings. The van der Waals surface area contributed by atoms with Gasteiger partial charge in [-0.25, -0.2) is 0 Å². The topological polar surface area (TPSA) is 26.3 Å². The maximum atomic E-state index is 12.5. The number of rotatable bonds is 14. The van der Waals surface area contributed by atoms with Crippen LogP contribution in [0, 0.1) is 5.92 Å². The standard InChI is InChI=1S/C24H38O2/c1-3-5-6-7-8-9-10-14-18-21(15-4-2)26-24(25)23-19-22(23)20-16-12-11-13-17-20/h11-13,16-17,21-23H,3-10,14-15,18-19H2,1-2H3. The van der Waals surface area contributed by atoms with Crippen molar-refractivity contribution in [2.75, 3.05) is 0 Å². The SMILES string of the molecule is CCCCCCCCCCC(CCC)OC(=O)C1CC1c1ccccc1. The summed E-state index contributed by atoms with van der Waals surface area (Å²) in [6, 6.07) is 10.4. The maximum Gasteiger partial charge on any atom is 0.309 e. The van der Waals surface area contributed by atoms with Gasteiger partial charge in [0, 0.05) is 0 Å². The van der Waals surface area contributed by atoms with Gasteiger partial charge in [-0.15, -0.1) is 0 Å². The fourth-order valence-electron chi connectivity index (χ4n) is 3.87. The van der Waals surface area contributed by atoms with Crippen molar-refractivity contribution in [3.63, 3.8) is 0 Å². The van der Waals surface area contributed by atoms with Gasteiger partial charge < -0.3 is 4.74 Å². The molecule has 0 saturated heterocycles. The van der Waals surface area contributed by atoms with Crippen LogP contribution in [0.2, 0.25) is 0 Å². The van der Waals surface area contributed by atoms with Gasteiger partial charge in [-0.1, -0.05) is 95.5 Å². The minimum atomic E-state index is 0.0388. The Balaban J connectivity index is 1.62. The summed E-state index contributed by atoms with van der Waals surface area (Å²) in [4.78, 5) is 12.5. The Morgan fingerprint density at radius 1 is 0.923 bits per heavy atom. The van der Waals surface area contributed by atoms with Gasteiger partial charge in [-0.05, 0) is 37.2 Å². The highest BCUT2D eigenvalue weighted by Gasteiger charge is 2.45. The highest BCUT2D eigenvalue weighted by molar-refractivity contribution is 5.77. The molecule has 2 rings (SSSR count). The molecule has 0 aromatic heterocycles. The minimum absolute atomic E-state index is 0.0388. The van der Waals surface area contributed by atoms with E-state index in [1.807, 2.05) is 6.07 Å². The van der Waals surface area contributed by atoms with Crippen molar-refractivity contribution in [3.05, 3.63) is 35.9 Å². The average molecular weight is 359 g/mol. The van der Waals surface area contributed by atoms with E-state index in [1.54, 1.807) is 0 Å². The molecule has 2 nitrogen and oxygen atoms in total. The van der Waals surface area contributed by atoms with E-state index in [0.717, 1.165) is 25.7 Å². The van der Waals surface area contributed by atoms with Gasteiger partial charge in [0.05, 0.1) is 5.92 Å². The van der Waals surface area contributed by atoms with E-state index >= 15 is 0 Å². The van der Waals surface area contributed by atoms with Crippen LogP contribution >= 0.6 is 0 Å². The van der Waals surface area contributed by atoms with E-state index in [1.165, 1.54) is 56.9 Å². The highest BCUT2D eigenvalue weighted by Crippen LogP contribution is 2.48. The Morgan fingerprint density at radius 3 is 2.23 bits per heavy atom. The zero-order valence-electron chi connectivity index (χ0n) is 16.9. The maximum absolute atomic E-state index is 12.5. The van der Waals surface area contributed by atoms with Crippen LogP contribution < -0.4 is 0 Å². The van der Waals surface area contributed by atoms with E-state index in [9.17, 15) is 4.79 Å². The molecule has 1 saturated carbocycles. The summed E-state index contributed by atoms with van der Waals surface area (Å²) in [5, 5.41) is 0. The van der Waals surface area contributed by atoms with Gasteiger partial charge in [0.15, 0.2) is 0 Å². The molecule has 0 amide bonds. The van der Waals surface area contributed by atoms with Crippen molar-refractivity contribution in [1.29, 1.82) is 0 Å². The largest absolute Gasteiger partial charge is 0.462 e. The van der Waals surface area contributed by atoms with Crippen molar-refractivity contribution < 1.29 is 9.53 Å². The third kappa shape index (κ3) is 7.51. The molecular weight excluding hydrogens is 320 g/mol. The molecule has 0 N–H and O–H groups in total. The van der Waals surface area contributed by atoms with Crippen molar-refractivity contribution in [3.8, 4) is 0 Å². The molecule has 3 unspecified atom stereocenters. The van der Waals surface area contributed by atoms with E-state index in [0.29, 0.717) is 5.92 Å². The summed E-state index contributed by atoms with van der Waals surface area (Å²) in [6.45, 7) is 4.44. The number of hydrogen-bond donors (Lipinski definition) is 0. The molecule has 1 aliphatic rings. The van der Waals surface area contributed by atoms with Gasteiger partial charge in [-0.2, -0.15) is 0 Å². The molecule has 1 aromatic carbocycles. The van der Waals surface area contributed by atoms with Gasteiger partial charge in [0.25, 0.3) is 0 Å². The van der Waals surface area contributed by atoms with E-state index < -0.39 is 0 Å². The van der Waals surface area contributed by atoms with Crippen LogP contribution in [0.15, 0.2) is 30.3 Å². The number of hydrogen-bond acceptors (Lipinski definition) is 2. The first-order chi connectivity index (χ1) is 12.8. The third-order valence-electron chi connectivity index (χ3n) is 5.59. The summed E-state index contributed by atoms with van der Waals surface area (Å²) in [5.74, 6) is 0.515. The second-order valence-corrected chi connectivity index (χ2v) is 7.97. The molecule has 0 aliphatic heterocycles. The smallest absolute Gasteiger partial charge is 0.309 e. The fraction of sp³-hybridized carbons (Fsp3) is 0.708. The zero-order chi connectivity index (χ0) is 18.6. The molecule has 26 heavy (non-hydrogen) atoms. The summed E-state index contributed by atoms with van der Waals surface area (Å²) in [7, 11) is 0. The van der Waals surface area contributed by atoms with Crippen LogP contribution in [0.25, 0.3) is 0 Å². The van der Waals surface area contributed by atoms with Crippen molar-refractivity contribution in [2.45, 2.75) is 103 Å². The predicted octanol–water partition coefficient (Wildman–Crippen LogP) is 7.03. The summed E-state index contributed by atoms with van der Waals surface area (Å²) < 4.78 is 5.89. The van der Waals surface area contributed by atoms with Crippen LogP contribution in [0.4, 0.5) is 0 Å². The van der Waals surface area contributed by atoms with Crippen molar-refractivity contribution in [2.24, 2.45) is 5.92 Å². The fourth-order valence-corrected chi connectivity index (χ4v) is 3.87. The Hall–Kier alpha value is -1.31. The molecule has 1 aromatic rings. The summed E-state index contributed by atoms with van der Waals surface area (Å²) >= 11 is 0. The first-order valence-corrected chi connectivity index (χ1v) is 11.0. The van der Waals surface area contributed by atoms with Gasteiger partial charge in [0.2, 0.25) is 0 Å². The van der Waals surface area contributed by atoms with Crippen LogP contribution in [-0.2, 0) is 9.53 Å². The Morgan fingerprint density at radius 2 is 1.58 bits per heavy atom. The molecule has 0 spiro atoms. The zero-order valence-corrected chi connectivity index (χ0v) is 16.9. The Bertz CT molecular complexity index is 496. The third-order valence-corrected chi connectivity index (χ3v) is 5.59. The Kier molecular flexibility index (Phi) is 9.81. The van der Waals surface area contributed by atoms with E-state index in [2.05, 4.69) is 38.1 Å². The molecule has 2 heteroatoms. The van der Waals surface area contributed by atoms with Gasteiger partial charge >= 0.3 is 5.97 Å². The molecule has 3 atom stereocenters. The summed E-state index contributed by atoms with van der Waals surface area (Å²) in [5.41, 5.74) is 1.28. The minimum Gasteiger partial charge on any atom is -0.462 e. The quantitative estimate of drug-likeness (QED) is 0.263. The molecule has 146 valence electrons. The van der Waals surface area contributed by atoms with Crippen LogP contribution in [0.1, 0.15) is 102 Å².